The summed E-state index contributed by atoms with van der Waals surface area (Å²) in [6.45, 7) is 10.8. The molecule has 178 valence electrons. The number of rotatable bonds is 8. The Kier molecular flexibility index (Phi) is 10.5. The average Bonchev–Trinajstić information content (AvgIpc) is 3.14. The van der Waals surface area contributed by atoms with Crippen LogP contribution in [0, 0.1) is 5.92 Å². The van der Waals surface area contributed by atoms with E-state index in [9.17, 15) is 4.79 Å². The quantitative estimate of drug-likeness (QED) is 0.346. The number of nitrogens with two attached hydrogens (primary N) is 1. The molecule has 2 saturated heterocycles. The highest BCUT2D eigenvalue weighted by Gasteiger charge is 2.25. The van der Waals surface area contributed by atoms with Crippen molar-refractivity contribution in [2.75, 3.05) is 40.0 Å². The molecular formula is C25H39N3O4. The minimum absolute atomic E-state index is 0.114. The van der Waals surface area contributed by atoms with Crippen molar-refractivity contribution < 1.29 is 19.0 Å². The molecule has 0 bridgehead atoms. The van der Waals surface area contributed by atoms with Crippen LogP contribution in [0.4, 0.5) is 0 Å². The van der Waals surface area contributed by atoms with Gasteiger partial charge in [-0.05, 0) is 38.8 Å². The fourth-order valence-corrected chi connectivity index (χ4v) is 3.74. The molecule has 0 spiro atoms. The van der Waals surface area contributed by atoms with Gasteiger partial charge in [0.05, 0.1) is 38.4 Å². The van der Waals surface area contributed by atoms with Crippen molar-refractivity contribution >= 4 is 11.6 Å². The molecular weight excluding hydrogens is 406 g/mol. The minimum atomic E-state index is 0.114. The molecule has 2 aliphatic rings. The molecule has 0 aromatic rings. The first-order chi connectivity index (χ1) is 15.3. The predicted octanol–water partition coefficient (Wildman–Crippen LogP) is 4.08. The fourth-order valence-electron chi connectivity index (χ4n) is 3.74. The second-order valence-electron chi connectivity index (χ2n) is 8.30. The first-order valence-electron chi connectivity index (χ1n) is 11.4. The summed E-state index contributed by atoms with van der Waals surface area (Å²) < 4.78 is 17.1. The number of hydrogen-bond acceptors (Lipinski definition) is 6. The van der Waals surface area contributed by atoms with Gasteiger partial charge in [-0.2, -0.15) is 0 Å². The third kappa shape index (κ3) is 7.86. The zero-order valence-corrected chi connectivity index (χ0v) is 20.3. The normalized spacial score (nSPS) is 23.9. The third-order valence-electron chi connectivity index (χ3n) is 5.92. The second kappa shape index (κ2) is 13.1. The van der Waals surface area contributed by atoms with Crippen LogP contribution in [0.1, 0.15) is 53.4 Å². The number of hydrogen-bond donors (Lipinski definition) is 1. The molecule has 0 aromatic carbocycles. The molecule has 2 N–H and O–H groups in total. The van der Waals surface area contributed by atoms with Crippen molar-refractivity contribution in [1.29, 1.82) is 0 Å². The zero-order chi connectivity index (χ0) is 23.5. The summed E-state index contributed by atoms with van der Waals surface area (Å²) in [5.74, 6) is 1.70. The number of ether oxygens (including phenoxy) is 3. The molecule has 2 rings (SSSR count). The number of methoxy groups -OCH3 is 1. The van der Waals surface area contributed by atoms with Crippen molar-refractivity contribution in [3.05, 3.63) is 46.7 Å². The van der Waals surface area contributed by atoms with E-state index in [-0.39, 0.29) is 5.91 Å². The highest BCUT2D eigenvalue weighted by molar-refractivity contribution is 6.01. The maximum Gasteiger partial charge on any atom is 0.219 e. The van der Waals surface area contributed by atoms with Gasteiger partial charge in [0.25, 0.3) is 0 Å². The summed E-state index contributed by atoms with van der Waals surface area (Å²) in [6.07, 6.45) is 9.16. The van der Waals surface area contributed by atoms with Crippen molar-refractivity contribution in [3.8, 4) is 0 Å². The molecule has 0 saturated carbocycles. The number of nitrogens with zero attached hydrogens (tertiary/aromatic N) is 2. The Morgan fingerprint density at radius 2 is 2.03 bits per heavy atom. The van der Waals surface area contributed by atoms with Crippen LogP contribution in [0.25, 0.3) is 0 Å². The highest BCUT2D eigenvalue weighted by atomic mass is 16.5. The summed E-state index contributed by atoms with van der Waals surface area (Å²) in [5.41, 5.74) is 10.2. The standard InChI is InChI=1S/C25H39N3O4/c1-6-7-8-22(15-18(2)19(3)30-5)27-24-11-14-31-13-10-23(24)25(26)32-17-21-9-12-28(16-21)20(4)29/h6-7,15,21H,8-14,16-17,26H2,1-5H3/b7-6+,19-18+,22-15+,25-23?,27-24?. The molecule has 0 radical (unpaired) electrons. The van der Waals surface area contributed by atoms with Crippen molar-refractivity contribution in [2.45, 2.75) is 53.4 Å². The summed E-state index contributed by atoms with van der Waals surface area (Å²) >= 11 is 0. The van der Waals surface area contributed by atoms with Gasteiger partial charge >= 0.3 is 0 Å². The number of carbonyl (C=O) groups excluding carboxylic acids is 1. The van der Waals surface area contributed by atoms with Crippen LogP contribution in [0.5, 0.6) is 0 Å². The predicted molar refractivity (Wildman–Crippen MR) is 128 cm³/mol. The van der Waals surface area contributed by atoms with Crippen molar-refractivity contribution in [2.24, 2.45) is 16.6 Å². The topological polar surface area (TPSA) is 86.4 Å². The van der Waals surface area contributed by atoms with E-state index in [4.69, 9.17) is 24.9 Å². The summed E-state index contributed by atoms with van der Waals surface area (Å²) in [6, 6.07) is 0. The second-order valence-corrected chi connectivity index (χ2v) is 8.30. The number of amides is 1. The SMILES string of the molecule is C/C=C/C/C(=C\C(C)=C(/C)OC)N=C1CCOCCC1=C(N)OCC1CCN(C(C)=O)C1. The number of allylic oxidation sites excluding steroid dienone is 5. The summed E-state index contributed by atoms with van der Waals surface area (Å²) in [4.78, 5) is 18.4. The van der Waals surface area contributed by atoms with E-state index in [1.807, 2.05) is 31.7 Å². The molecule has 1 amide bonds. The van der Waals surface area contributed by atoms with Gasteiger partial charge in [-0.15, -0.1) is 0 Å². The number of likely N-dealkylation sites (tertiary alicyclic amines) is 1. The Morgan fingerprint density at radius 3 is 2.69 bits per heavy atom. The van der Waals surface area contributed by atoms with Gasteiger partial charge in [0.2, 0.25) is 5.91 Å². The van der Waals surface area contributed by atoms with E-state index in [1.54, 1.807) is 14.0 Å². The largest absolute Gasteiger partial charge is 0.501 e. The highest BCUT2D eigenvalue weighted by Crippen LogP contribution is 2.22. The lowest BCUT2D eigenvalue weighted by molar-refractivity contribution is -0.127. The Balaban J connectivity index is 2.25. The van der Waals surface area contributed by atoms with Crippen molar-refractivity contribution in [3.63, 3.8) is 0 Å². The van der Waals surface area contributed by atoms with Crippen LogP contribution < -0.4 is 5.73 Å². The van der Waals surface area contributed by atoms with Gasteiger partial charge in [-0.1, -0.05) is 12.2 Å². The lowest BCUT2D eigenvalue weighted by Crippen LogP contribution is -2.27. The van der Waals surface area contributed by atoms with Gasteiger partial charge < -0.3 is 24.8 Å². The Labute approximate surface area is 192 Å². The van der Waals surface area contributed by atoms with Crippen LogP contribution in [0.2, 0.25) is 0 Å². The van der Waals surface area contributed by atoms with Gasteiger partial charge in [0.15, 0.2) is 5.88 Å². The van der Waals surface area contributed by atoms with E-state index in [0.29, 0.717) is 50.9 Å². The first-order valence-corrected chi connectivity index (χ1v) is 11.4. The molecule has 2 aliphatic heterocycles. The maximum absolute atomic E-state index is 11.6. The molecule has 1 atom stereocenters. The van der Waals surface area contributed by atoms with Crippen LogP contribution >= 0.6 is 0 Å². The van der Waals surface area contributed by atoms with E-state index >= 15 is 0 Å². The molecule has 7 nitrogen and oxygen atoms in total. The monoisotopic (exact) mass is 445 g/mol. The fraction of sp³-hybridized carbons (Fsp3) is 0.600. The van der Waals surface area contributed by atoms with E-state index in [1.165, 1.54) is 0 Å². The third-order valence-corrected chi connectivity index (χ3v) is 5.92. The molecule has 2 fully saturated rings. The maximum atomic E-state index is 11.6. The Morgan fingerprint density at radius 1 is 1.28 bits per heavy atom. The Hall–Kier alpha value is -2.54. The summed E-state index contributed by atoms with van der Waals surface area (Å²) in [7, 11) is 1.67. The van der Waals surface area contributed by atoms with Gasteiger partial charge in [0, 0.05) is 56.5 Å². The average molecular weight is 446 g/mol. The molecule has 0 aliphatic carbocycles. The van der Waals surface area contributed by atoms with Crippen LogP contribution in [0.15, 0.2) is 51.7 Å². The summed E-state index contributed by atoms with van der Waals surface area (Å²) in [5, 5.41) is 0. The molecule has 1 unspecified atom stereocenters. The van der Waals surface area contributed by atoms with Crippen LogP contribution in [-0.2, 0) is 19.0 Å². The smallest absolute Gasteiger partial charge is 0.219 e. The van der Waals surface area contributed by atoms with Gasteiger partial charge in [-0.3, -0.25) is 9.79 Å². The van der Waals surface area contributed by atoms with E-state index in [0.717, 1.165) is 47.8 Å². The zero-order valence-electron chi connectivity index (χ0n) is 20.3. The van der Waals surface area contributed by atoms with Crippen LogP contribution in [-0.4, -0.2) is 56.5 Å². The van der Waals surface area contributed by atoms with Crippen molar-refractivity contribution in [1.82, 2.24) is 4.90 Å². The first kappa shape index (κ1) is 25.7. The Bertz CT molecular complexity index is 808. The van der Waals surface area contributed by atoms with E-state index < -0.39 is 0 Å². The van der Waals surface area contributed by atoms with Crippen LogP contribution in [0.3, 0.4) is 0 Å². The van der Waals surface area contributed by atoms with Gasteiger partial charge in [0.1, 0.15) is 0 Å². The molecule has 7 heteroatoms. The minimum Gasteiger partial charge on any atom is -0.501 e. The van der Waals surface area contributed by atoms with E-state index in [2.05, 4.69) is 12.2 Å². The lowest BCUT2D eigenvalue weighted by Gasteiger charge is -2.17. The van der Waals surface area contributed by atoms with Gasteiger partial charge in [-0.25, -0.2) is 0 Å². The molecule has 2 heterocycles. The lowest BCUT2D eigenvalue weighted by atomic mass is 10.1. The number of carbonyl (C=O) groups is 1. The molecule has 32 heavy (non-hydrogen) atoms. The molecule has 0 aromatic heterocycles. The number of aliphatic imine (C=N–C) groups is 1.